The van der Waals surface area contributed by atoms with Crippen LogP contribution in [0.1, 0.15) is 49.1 Å². The van der Waals surface area contributed by atoms with Gasteiger partial charge in [0.15, 0.2) is 17.3 Å². The maximum Gasteiger partial charge on any atom is 0.225 e. The van der Waals surface area contributed by atoms with Crippen LogP contribution in [0.15, 0.2) is 47.7 Å². The molecule has 5 nitrogen and oxygen atoms in total. The summed E-state index contributed by atoms with van der Waals surface area (Å²) >= 11 is 12.4. The standard InChI is InChI=1S/C24H23Cl2NO4/c1-3-31-21-7-4-13(10-22(21)30-2)14-8-19-24(20(28)9-14)17(12-23(29)27-19)16-6-5-15(25)11-18(16)26/h4-7,10-11,14,17H,3,8-9,12H2,1-2H3,(H,27,29)/t14-,17+/m0/s1. The van der Waals surface area contributed by atoms with Crippen molar-refractivity contribution in [2.24, 2.45) is 0 Å². The summed E-state index contributed by atoms with van der Waals surface area (Å²) in [5.74, 6) is 0.777. The van der Waals surface area contributed by atoms with Crippen molar-refractivity contribution in [3.8, 4) is 11.5 Å². The Morgan fingerprint density at radius 1 is 1.03 bits per heavy atom. The molecule has 1 aliphatic carbocycles. The molecule has 1 heterocycles. The highest BCUT2D eigenvalue weighted by molar-refractivity contribution is 6.35. The van der Waals surface area contributed by atoms with Gasteiger partial charge in [0.1, 0.15) is 0 Å². The summed E-state index contributed by atoms with van der Waals surface area (Å²) in [4.78, 5) is 25.8. The lowest BCUT2D eigenvalue weighted by atomic mass is 9.73. The number of halogens is 2. The predicted molar refractivity (Wildman–Crippen MR) is 120 cm³/mol. The molecule has 4 rings (SSSR count). The second-order valence-electron chi connectivity index (χ2n) is 7.73. The van der Waals surface area contributed by atoms with E-state index in [0.29, 0.717) is 52.3 Å². The van der Waals surface area contributed by atoms with Crippen molar-refractivity contribution in [2.45, 2.75) is 38.0 Å². The number of methoxy groups -OCH3 is 1. The van der Waals surface area contributed by atoms with E-state index in [1.165, 1.54) is 0 Å². The van der Waals surface area contributed by atoms with Gasteiger partial charge in [-0.1, -0.05) is 35.3 Å². The number of hydrogen-bond donors (Lipinski definition) is 1. The monoisotopic (exact) mass is 459 g/mol. The topological polar surface area (TPSA) is 64.6 Å². The molecule has 0 saturated carbocycles. The van der Waals surface area contributed by atoms with E-state index < -0.39 is 0 Å². The number of ketones is 1. The van der Waals surface area contributed by atoms with Crippen LogP contribution in [-0.2, 0) is 9.59 Å². The Balaban J connectivity index is 1.69. The minimum atomic E-state index is -0.364. The molecule has 0 bridgehead atoms. The number of amides is 1. The molecule has 2 aromatic rings. The Hall–Kier alpha value is -2.50. The normalized spacial score (nSPS) is 20.9. The minimum absolute atomic E-state index is 0.0233. The van der Waals surface area contributed by atoms with Crippen molar-refractivity contribution in [2.75, 3.05) is 13.7 Å². The maximum atomic E-state index is 13.3. The molecule has 0 radical (unpaired) electrons. The van der Waals surface area contributed by atoms with E-state index in [-0.39, 0.29) is 29.9 Å². The minimum Gasteiger partial charge on any atom is -0.493 e. The van der Waals surface area contributed by atoms with E-state index in [4.69, 9.17) is 32.7 Å². The molecular weight excluding hydrogens is 437 g/mol. The fraction of sp³-hybridized carbons (Fsp3) is 0.333. The number of carbonyl (C=O) groups is 2. The van der Waals surface area contributed by atoms with Crippen LogP contribution in [0.2, 0.25) is 10.0 Å². The molecule has 1 N–H and O–H groups in total. The average molecular weight is 460 g/mol. The van der Waals surface area contributed by atoms with Gasteiger partial charge in [0.25, 0.3) is 0 Å². The first-order valence-corrected chi connectivity index (χ1v) is 11.0. The second-order valence-corrected chi connectivity index (χ2v) is 8.58. The molecular formula is C24H23Cl2NO4. The van der Waals surface area contributed by atoms with Crippen LogP contribution in [0.3, 0.4) is 0 Å². The van der Waals surface area contributed by atoms with Crippen molar-refractivity contribution in [3.63, 3.8) is 0 Å². The number of hydrogen-bond acceptors (Lipinski definition) is 4. The average Bonchev–Trinajstić information content (AvgIpc) is 2.73. The lowest BCUT2D eigenvalue weighted by molar-refractivity contribution is -0.122. The van der Waals surface area contributed by atoms with Gasteiger partial charge in [-0.15, -0.1) is 0 Å². The van der Waals surface area contributed by atoms with Crippen LogP contribution in [0.5, 0.6) is 11.5 Å². The Morgan fingerprint density at radius 2 is 1.84 bits per heavy atom. The van der Waals surface area contributed by atoms with Crippen LogP contribution in [-0.4, -0.2) is 25.4 Å². The highest BCUT2D eigenvalue weighted by Gasteiger charge is 2.39. The molecule has 1 amide bonds. The molecule has 7 heteroatoms. The summed E-state index contributed by atoms with van der Waals surface area (Å²) in [5.41, 5.74) is 3.06. The highest BCUT2D eigenvalue weighted by Crippen LogP contribution is 2.45. The fourth-order valence-electron chi connectivity index (χ4n) is 4.46. The van der Waals surface area contributed by atoms with E-state index in [0.717, 1.165) is 11.1 Å². The molecule has 0 spiro atoms. The SMILES string of the molecule is CCOc1ccc([C@@H]2CC(=O)C3=C(C2)NC(=O)C[C@@H]3c2ccc(Cl)cc2Cl)cc1OC. The van der Waals surface area contributed by atoms with Gasteiger partial charge in [0.05, 0.1) is 13.7 Å². The predicted octanol–water partition coefficient (Wildman–Crippen LogP) is 5.41. The third-order valence-electron chi connectivity index (χ3n) is 5.83. The van der Waals surface area contributed by atoms with Crippen molar-refractivity contribution >= 4 is 34.9 Å². The van der Waals surface area contributed by atoms with Crippen molar-refractivity contribution in [1.29, 1.82) is 0 Å². The Bertz CT molecular complexity index is 1080. The first kappa shape index (κ1) is 21.7. The largest absolute Gasteiger partial charge is 0.493 e. The Morgan fingerprint density at radius 3 is 2.55 bits per heavy atom. The number of allylic oxidation sites excluding steroid dienone is 2. The molecule has 2 aliphatic rings. The van der Waals surface area contributed by atoms with Gasteiger partial charge in [-0.3, -0.25) is 9.59 Å². The van der Waals surface area contributed by atoms with Gasteiger partial charge in [-0.05, 0) is 54.7 Å². The maximum absolute atomic E-state index is 13.3. The van der Waals surface area contributed by atoms with Gasteiger partial charge >= 0.3 is 0 Å². The third kappa shape index (κ3) is 4.30. The van der Waals surface area contributed by atoms with Crippen LogP contribution in [0, 0.1) is 0 Å². The molecule has 2 aromatic carbocycles. The number of carbonyl (C=O) groups excluding carboxylic acids is 2. The van der Waals surface area contributed by atoms with E-state index in [1.807, 2.05) is 25.1 Å². The zero-order valence-electron chi connectivity index (χ0n) is 17.3. The van der Waals surface area contributed by atoms with Crippen molar-refractivity contribution in [3.05, 3.63) is 68.8 Å². The summed E-state index contributed by atoms with van der Waals surface area (Å²) in [5, 5.41) is 3.91. The van der Waals surface area contributed by atoms with E-state index >= 15 is 0 Å². The molecule has 0 unspecified atom stereocenters. The lowest BCUT2D eigenvalue weighted by Crippen LogP contribution is -2.38. The van der Waals surface area contributed by atoms with E-state index in [1.54, 1.807) is 25.3 Å². The Kier molecular flexibility index (Phi) is 6.26. The molecule has 31 heavy (non-hydrogen) atoms. The van der Waals surface area contributed by atoms with E-state index in [9.17, 15) is 9.59 Å². The molecule has 1 aliphatic heterocycles. The fourth-order valence-corrected chi connectivity index (χ4v) is 5.00. The summed E-state index contributed by atoms with van der Waals surface area (Å²) < 4.78 is 11.1. The zero-order chi connectivity index (χ0) is 22.1. The third-order valence-corrected chi connectivity index (χ3v) is 6.40. The first-order valence-electron chi connectivity index (χ1n) is 10.2. The molecule has 162 valence electrons. The van der Waals surface area contributed by atoms with E-state index in [2.05, 4.69) is 5.32 Å². The molecule has 0 aromatic heterocycles. The quantitative estimate of drug-likeness (QED) is 0.649. The summed E-state index contributed by atoms with van der Waals surface area (Å²) in [6, 6.07) is 10.9. The van der Waals surface area contributed by atoms with Gasteiger partial charge in [-0.25, -0.2) is 0 Å². The molecule has 0 fully saturated rings. The van der Waals surface area contributed by atoms with Crippen LogP contribution in [0.4, 0.5) is 0 Å². The van der Waals surface area contributed by atoms with Crippen molar-refractivity contribution in [1.82, 2.24) is 5.32 Å². The number of Topliss-reactive ketones (excluding diaryl/α,β-unsaturated/α-hetero) is 1. The number of ether oxygens (including phenoxy) is 2. The Labute approximate surface area is 191 Å². The van der Waals surface area contributed by atoms with Gasteiger partial charge in [0.2, 0.25) is 5.91 Å². The lowest BCUT2D eigenvalue weighted by Gasteiger charge is -2.35. The van der Waals surface area contributed by atoms with Gasteiger partial charge in [0, 0.05) is 40.1 Å². The van der Waals surface area contributed by atoms with Gasteiger partial charge < -0.3 is 14.8 Å². The van der Waals surface area contributed by atoms with Crippen molar-refractivity contribution < 1.29 is 19.1 Å². The zero-order valence-corrected chi connectivity index (χ0v) is 18.8. The summed E-state index contributed by atoms with van der Waals surface area (Å²) in [6.07, 6.45) is 1.10. The number of rotatable bonds is 5. The van der Waals surface area contributed by atoms with Crippen LogP contribution < -0.4 is 14.8 Å². The molecule has 2 atom stereocenters. The highest BCUT2D eigenvalue weighted by atomic mass is 35.5. The smallest absolute Gasteiger partial charge is 0.225 e. The van der Waals surface area contributed by atoms with Crippen LogP contribution >= 0.6 is 23.2 Å². The summed E-state index contributed by atoms with van der Waals surface area (Å²) in [6.45, 7) is 2.45. The first-order chi connectivity index (χ1) is 14.9. The van der Waals surface area contributed by atoms with Crippen LogP contribution in [0.25, 0.3) is 0 Å². The summed E-state index contributed by atoms with van der Waals surface area (Å²) in [7, 11) is 1.59. The number of nitrogens with one attached hydrogen (secondary N) is 1. The second kappa shape index (κ2) is 8.93. The molecule has 0 saturated heterocycles. The number of benzene rings is 2. The van der Waals surface area contributed by atoms with Gasteiger partial charge in [-0.2, -0.15) is 0 Å².